The number of piperidine rings is 1. The summed E-state index contributed by atoms with van der Waals surface area (Å²) >= 11 is 0. The number of benzene rings is 1. The third-order valence-electron chi connectivity index (χ3n) is 5.65. The molecule has 0 saturated carbocycles. The normalized spacial score (nSPS) is 19.4. The molecular formula is C22H32N6. The summed E-state index contributed by atoms with van der Waals surface area (Å²) in [7, 11) is 0. The molecule has 1 aromatic carbocycles. The SMILES string of the molecule is Cc1cc(NC2CCN(Cc3ccccc3)CC2)nc(N2CCCNCC2)n1. The van der Waals surface area contributed by atoms with Crippen molar-refractivity contribution in [2.45, 2.75) is 38.8 Å². The van der Waals surface area contributed by atoms with Crippen LogP contribution in [0.5, 0.6) is 0 Å². The molecule has 2 saturated heterocycles. The Morgan fingerprint density at radius 1 is 1.04 bits per heavy atom. The van der Waals surface area contributed by atoms with Gasteiger partial charge in [-0.15, -0.1) is 0 Å². The summed E-state index contributed by atoms with van der Waals surface area (Å²) in [6.45, 7) is 9.44. The fourth-order valence-corrected chi connectivity index (χ4v) is 4.10. The molecule has 0 aliphatic carbocycles. The van der Waals surface area contributed by atoms with Crippen LogP contribution in [0.4, 0.5) is 11.8 Å². The highest BCUT2D eigenvalue weighted by molar-refractivity contribution is 5.44. The maximum absolute atomic E-state index is 4.84. The van der Waals surface area contributed by atoms with Crippen LogP contribution in [0.3, 0.4) is 0 Å². The Hall–Kier alpha value is -2.18. The number of hydrogen-bond acceptors (Lipinski definition) is 6. The minimum atomic E-state index is 0.486. The average molecular weight is 381 g/mol. The molecule has 0 atom stereocenters. The number of rotatable bonds is 5. The summed E-state index contributed by atoms with van der Waals surface area (Å²) in [5.41, 5.74) is 2.43. The second-order valence-electron chi connectivity index (χ2n) is 7.97. The first-order valence-electron chi connectivity index (χ1n) is 10.6. The van der Waals surface area contributed by atoms with Crippen molar-refractivity contribution >= 4 is 11.8 Å². The summed E-state index contributed by atoms with van der Waals surface area (Å²) in [5.74, 6) is 1.84. The Morgan fingerprint density at radius 3 is 2.68 bits per heavy atom. The molecular weight excluding hydrogens is 348 g/mol. The van der Waals surface area contributed by atoms with Crippen LogP contribution >= 0.6 is 0 Å². The van der Waals surface area contributed by atoms with Crippen LogP contribution < -0.4 is 15.5 Å². The van der Waals surface area contributed by atoms with Crippen molar-refractivity contribution in [3.63, 3.8) is 0 Å². The highest BCUT2D eigenvalue weighted by Gasteiger charge is 2.20. The molecule has 2 aliphatic rings. The van der Waals surface area contributed by atoms with Crippen molar-refractivity contribution in [2.24, 2.45) is 0 Å². The van der Waals surface area contributed by atoms with E-state index in [-0.39, 0.29) is 0 Å². The van der Waals surface area contributed by atoms with Crippen LogP contribution in [-0.2, 0) is 6.54 Å². The van der Waals surface area contributed by atoms with E-state index in [0.29, 0.717) is 6.04 Å². The van der Waals surface area contributed by atoms with Crippen molar-refractivity contribution in [2.75, 3.05) is 49.5 Å². The molecule has 28 heavy (non-hydrogen) atoms. The molecule has 3 heterocycles. The van der Waals surface area contributed by atoms with Gasteiger partial charge in [0.15, 0.2) is 0 Å². The second-order valence-corrected chi connectivity index (χ2v) is 7.97. The zero-order valence-electron chi connectivity index (χ0n) is 16.9. The van der Waals surface area contributed by atoms with Crippen molar-refractivity contribution in [1.29, 1.82) is 0 Å². The lowest BCUT2D eigenvalue weighted by molar-refractivity contribution is 0.211. The van der Waals surface area contributed by atoms with E-state index in [4.69, 9.17) is 4.98 Å². The molecule has 150 valence electrons. The van der Waals surface area contributed by atoms with Gasteiger partial charge in [-0.3, -0.25) is 4.90 Å². The lowest BCUT2D eigenvalue weighted by atomic mass is 10.0. The maximum Gasteiger partial charge on any atom is 0.227 e. The van der Waals surface area contributed by atoms with E-state index in [0.717, 1.165) is 82.5 Å². The standard InChI is InChI=1S/C22H32N6/c1-18-16-21(26-22(24-18)28-12-5-10-23-11-15-28)25-20-8-13-27(14-9-20)17-19-6-3-2-4-7-19/h2-4,6-7,16,20,23H,5,8-15,17H2,1H3,(H,24,25,26). The van der Waals surface area contributed by atoms with Gasteiger partial charge in [-0.1, -0.05) is 30.3 Å². The Balaban J connectivity index is 1.33. The summed E-state index contributed by atoms with van der Waals surface area (Å²) < 4.78 is 0. The van der Waals surface area contributed by atoms with Gasteiger partial charge in [0.1, 0.15) is 5.82 Å². The second kappa shape index (κ2) is 9.34. The number of anilines is 2. The van der Waals surface area contributed by atoms with Gasteiger partial charge in [0.05, 0.1) is 0 Å². The predicted molar refractivity (Wildman–Crippen MR) is 115 cm³/mol. The van der Waals surface area contributed by atoms with E-state index < -0.39 is 0 Å². The Labute approximate surface area is 168 Å². The molecule has 0 unspecified atom stereocenters. The zero-order valence-corrected chi connectivity index (χ0v) is 16.9. The molecule has 0 amide bonds. The van der Waals surface area contributed by atoms with Gasteiger partial charge in [0.2, 0.25) is 5.95 Å². The first kappa shape index (κ1) is 19.2. The molecule has 0 radical (unpaired) electrons. The van der Waals surface area contributed by atoms with Crippen LogP contribution in [0.1, 0.15) is 30.5 Å². The van der Waals surface area contributed by atoms with E-state index in [1.807, 2.05) is 0 Å². The molecule has 6 nitrogen and oxygen atoms in total. The molecule has 1 aromatic heterocycles. The molecule has 2 fully saturated rings. The van der Waals surface area contributed by atoms with Crippen LogP contribution in [0, 0.1) is 6.92 Å². The summed E-state index contributed by atoms with van der Waals surface area (Å²) in [5, 5.41) is 7.13. The molecule has 2 aromatic rings. The molecule has 0 spiro atoms. The number of aryl methyl sites for hydroxylation is 1. The van der Waals surface area contributed by atoms with Gasteiger partial charge < -0.3 is 15.5 Å². The maximum atomic E-state index is 4.84. The summed E-state index contributed by atoms with van der Waals surface area (Å²) in [6.07, 6.45) is 3.44. The zero-order chi connectivity index (χ0) is 19.2. The lowest BCUT2D eigenvalue weighted by Crippen LogP contribution is -2.39. The van der Waals surface area contributed by atoms with Crippen molar-refractivity contribution in [1.82, 2.24) is 20.2 Å². The minimum absolute atomic E-state index is 0.486. The highest BCUT2D eigenvalue weighted by atomic mass is 15.3. The van der Waals surface area contributed by atoms with Gasteiger partial charge in [-0.2, -0.15) is 4.98 Å². The Bertz CT molecular complexity index is 734. The van der Waals surface area contributed by atoms with Gasteiger partial charge in [0.25, 0.3) is 0 Å². The number of aromatic nitrogens is 2. The van der Waals surface area contributed by atoms with Crippen molar-refractivity contribution in [3.05, 3.63) is 47.7 Å². The van der Waals surface area contributed by atoms with E-state index in [9.17, 15) is 0 Å². The largest absolute Gasteiger partial charge is 0.367 e. The lowest BCUT2D eigenvalue weighted by Gasteiger charge is -2.32. The molecule has 2 aliphatic heterocycles. The number of hydrogen-bond donors (Lipinski definition) is 2. The fourth-order valence-electron chi connectivity index (χ4n) is 4.10. The Morgan fingerprint density at radius 2 is 1.86 bits per heavy atom. The van der Waals surface area contributed by atoms with Gasteiger partial charge in [0, 0.05) is 57.1 Å². The third kappa shape index (κ3) is 5.20. The first-order valence-corrected chi connectivity index (χ1v) is 10.6. The van der Waals surface area contributed by atoms with Gasteiger partial charge >= 0.3 is 0 Å². The molecule has 0 bridgehead atoms. The molecule has 4 rings (SSSR count). The monoisotopic (exact) mass is 380 g/mol. The summed E-state index contributed by atoms with van der Waals surface area (Å²) in [4.78, 5) is 14.4. The predicted octanol–water partition coefficient (Wildman–Crippen LogP) is 2.66. The topological polar surface area (TPSA) is 56.3 Å². The van der Waals surface area contributed by atoms with Gasteiger partial charge in [-0.05, 0) is 38.3 Å². The molecule has 2 N–H and O–H groups in total. The average Bonchev–Trinajstić information content (AvgIpc) is 3.00. The van der Waals surface area contributed by atoms with Crippen LogP contribution in [0.15, 0.2) is 36.4 Å². The van der Waals surface area contributed by atoms with E-state index in [1.165, 1.54) is 5.56 Å². The van der Waals surface area contributed by atoms with Crippen molar-refractivity contribution in [3.8, 4) is 0 Å². The number of nitrogens with zero attached hydrogens (tertiary/aromatic N) is 4. The van der Waals surface area contributed by atoms with Crippen LogP contribution in [0.25, 0.3) is 0 Å². The summed E-state index contributed by atoms with van der Waals surface area (Å²) in [6, 6.07) is 13.3. The van der Waals surface area contributed by atoms with Crippen molar-refractivity contribution < 1.29 is 0 Å². The number of nitrogens with one attached hydrogen (secondary N) is 2. The van der Waals surface area contributed by atoms with E-state index >= 15 is 0 Å². The van der Waals surface area contributed by atoms with Gasteiger partial charge in [-0.25, -0.2) is 4.98 Å². The highest BCUT2D eigenvalue weighted by Crippen LogP contribution is 2.20. The first-order chi connectivity index (χ1) is 13.8. The third-order valence-corrected chi connectivity index (χ3v) is 5.65. The van der Waals surface area contributed by atoms with E-state index in [1.54, 1.807) is 0 Å². The van der Waals surface area contributed by atoms with E-state index in [2.05, 4.69) is 68.7 Å². The van der Waals surface area contributed by atoms with Crippen LogP contribution in [-0.4, -0.2) is 60.2 Å². The Kier molecular flexibility index (Phi) is 6.39. The number of likely N-dealkylation sites (tertiary alicyclic amines) is 1. The smallest absolute Gasteiger partial charge is 0.227 e. The minimum Gasteiger partial charge on any atom is -0.367 e. The quantitative estimate of drug-likeness (QED) is 0.832. The fraction of sp³-hybridized carbons (Fsp3) is 0.545. The van der Waals surface area contributed by atoms with Crippen LogP contribution in [0.2, 0.25) is 0 Å². The molecule has 6 heteroatoms.